The molecule has 4 rings (SSSR count). The van der Waals surface area contributed by atoms with Gasteiger partial charge in [-0.1, -0.05) is 42.1 Å². The van der Waals surface area contributed by atoms with Gasteiger partial charge in [-0.2, -0.15) is 5.10 Å². The van der Waals surface area contributed by atoms with Gasteiger partial charge in [0.2, 0.25) is 0 Å². The Labute approximate surface area is 198 Å². The zero-order valence-corrected chi connectivity index (χ0v) is 19.3. The number of thioether (sulfide) groups is 1. The number of para-hydroxylation sites is 1. The van der Waals surface area contributed by atoms with E-state index in [2.05, 4.69) is 15.5 Å². The average Bonchev–Trinajstić information content (AvgIpc) is 3.26. The number of nitrogens with zero attached hydrogens (tertiary/aromatic N) is 2. The van der Waals surface area contributed by atoms with Crippen LogP contribution in [0.3, 0.4) is 0 Å². The largest absolute Gasteiger partial charge is 0.493 e. The van der Waals surface area contributed by atoms with Crippen molar-refractivity contribution in [1.29, 1.82) is 0 Å². The van der Waals surface area contributed by atoms with E-state index in [4.69, 9.17) is 9.47 Å². The van der Waals surface area contributed by atoms with Gasteiger partial charge < -0.3 is 9.47 Å². The molecule has 0 aliphatic heterocycles. The summed E-state index contributed by atoms with van der Waals surface area (Å²) in [6.07, 6.45) is 1.52. The zero-order valence-electron chi connectivity index (χ0n) is 17.7. The molecule has 0 radical (unpaired) electrons. The molecule has 0 bridgehead atoms. The van der Waals surface area contributed by atoms with Gasteiger partial charge in [0.15, 0.2) is 15.8 Å². The number of halogens is 1. The van der Waals surface area contributed by atoms with Crippen LogP contribution in [0.2, 0.25) is 0 Å². The van der Waals surface area contributed by atoms with Crippen LogP contribution in [-0.4, -0.2) is 30.0 Å². The van der Waals surface area contributed by atoms with Crippen molar-refractivity contribution in [2.45, 2.75) is 10.9 Å². The van der Waals surface area contributed by atoms with E-state index < -0.39 is 0 Å². The maximum Gasteiger partial charge on any atom is 0.250 e. The highest BCUT2D eigenvalue weighted by atomic mass is 32.2. The Morgan fingerprint density at radius 2 is 1.97 bits per heavy atom. The Balaban J connectivity index is 1.30. The van der Waals surface area contributed by atoms with Gasteiger partial charge in [0.05, 0.1) is 29.3 Å². The Kier molecular flexibility index (Phi) is 7.54. The molecule has 0 aliphatic rings. The summed E-state index contributed by atoms with van der Waals surface area (Å²) in [5, 5.41) is 4.01. The lowest BCUT2D eigenvalue weighted by molar-refractivity contribution is -0.118. The van der Waals surface area contributed by atoms with E-state index in [9.17, 15) is 9.18 Å². The Morgan fingerprint density at radius 1 is 1.15 bits per heavy atom. The molecule has 6 nitrogen and oxygen atoms in total. The van der Waals surface area contributed by atoms with E-state index in [0.29, 0.717) is 22.6 Å². The number of rotatable bonds is 9. The van der Waals surface area contributed by atoms with Crippen LogP contribution in [-0.2, 0) is 11.4 Å². The van der Waals surface area contributed by atoms with E-state index >= 15 is 0 Å². The average molecular weight is 482 g/mol. The van der Waals surface area contributed by atoms with Crippen molar-refractivity contribution in [3.05, 3.63) is 83.7 Å². The first-order chi connectivity index (χ1) is 16.1. The molecule has 1 amide bonds. The summed E-state index contributed by atoms with van der Waals surface area (Å²) in [5.41, 5.74) is 4.61. The Hall–Kier alpha value is -3.43. The standard InChI is InChI=1S/C24H20FN3O3S2/c1-30-21-12-16(10-11-20(21)31-14-17-6-2-3-7-18(17)25)13-26-28-23(29)15-32-24-27-19-8-4-5-9-22(19)33-24/h2-13H,14-15H2,1H3,(H,28,29)/b26-13+. The van der Waals surface area contributed by atoms with Crippen molar-refractivity contribution >= 4 is 45.4 Å². The van der Waals surface area contributed by atoms with Crippen LogP contribution in [0.1, 0.15) is 11.1 Å². The van der Waals surface area contributed by atoms with Crippen LogP contribution in [0.5, 0.6) is 11.5 Å². The van der Waals surface area contributed by atoms with Crippen molar-refractivity contribution in [3.63, 3.8) is 0 Å². The quantitative estimate of drug-likeness (QED) is 0.200. The second-order valence-electron chi connectivity index (χ2n) is 6.82. The van der Waals surface area contributed by atoms with Gasteiger partial charge in [0, 0.05) is 5.56 Å². The van der Waals surface area contributed by atoms with Crippen molar-refractivity contribution in [1.82, 2.24) is 10.4 Å². The van der Waals surface area contributed by atoms with E-state index in [1.807, 2.05) is 24.3 Å². The lowest BCUT2D eigenvalue weighted by Gasteiger charge is -2.11. The van der Waals surface area contributed by atoms with Gasteiger partial charge in [-0.3, -0.25) is 4.79 Å². The molecule has 0 saturated heterocycles. The number of carbonyl (C=O) groups is 1. The molecule has 168 valence electrons. The van der Waals surface area contributed by atoms with Crippen LogP contribution in [0.25, 0.3) is 10.2 Å². The van der Waals surface area contributed by atoms with Crippen LogP contribution in [0.15, 0.2) is 76.2 Å². The normalized spacial score (nSPS) is 11.1. The fourth-order valence-corrected chi connectivity index (χ4v) is 4.77. The molecule has 0 spiro atoms. The highest BCUT2D eigenvalue weighted by molar-refractivity contribution is 8.01. The third-order valence-corrected chi connectivity index (χ3v) is 6.71. The fraction of sp³-hybridized carbons (Fsp3) is 0.125. The molecular weight excluding hydrogens is 461 g/mol. The molecule has 1 aromatic heterocycles. The minimum atomic E-state index is -0.322. The van der Waals surface area contributed by atoms with Crippen molar-refractivity contribution < 1.29 is 18.7 Å². The van der Waals surface area contributed by atoms with Crippen LogP contribution in [0.4, 0.5) is 4.39 Å². The minimum absolute atomic E-state index is 0.0822. The number of carbonyl (C=O) groups excluding carboxylic acids is 1. The molecule has 1 heterocycles. The van der Waals surface area contributed by atoms with E-state index in [0.717, 1.165) is 14.6 Å². The highest BCUT2D eigenvalue weighted by Gasteiger charge is 2.09. The van der Waals surface area contributed by atoms with Crippen molar-refractivity contribution in [3.8, 4) is 11.5 Å². The zero-order chi connectivity index (χ0) is 23.0. The topological polar surface area (TPSA) is 72.8 Å². The van der Waals surface area contributed by atoms with Gasteiger partial charge >= 0.3 is 0 Å². The van der Waals surface area contributed by atoms with Crippen LogP contribution < -0.4 is 14.9 Å². The van der Waals surface area contributed by atoms with Crippen LogP contribution >= 0.6 is 23.1 Å². The first-order valence-corrected chi connectivity index (χ1v) is 11.8. The number of hydrogen-bond acceptors (Lipinski definition) is 7. The number of thiazole rings is 1. The molecule has 4 aromatic rings. The highest BCUT2D eigenvalue weighted by Crippen LogP contribution is 2.30. The lowest BCUT2D eigenvalue weighted by atomic mass is 10.2. The number of hydrogen-bond donors (Lipinski definition) is 1. The first kappa shape index (κ1) is 22.8. The number of ether oxygens (including phenoxy) is 2. The maximum atomic E-state index is 13.8. The number of fused-ring (bicyclic) bond motifs is 1. The van der Waals surface area contributed by atoms with E-state index in [1.54, 1.807) is 47.7 Å². The number of amides is 1. The molecule has 0 atom stereocenters. The maximum absolute atomic E-state index is 13.8. The summed E-state index contributed by atoms with van der Waals surface area (Å²) < 4.78 is 26.8. The third kappa shape index (κ3) is 6.09. The third-order valence-electron chi connectivity index (χ3n) is 4.53. The van der Waals surface area contributed by atoms with Gasteiger partial charge in [0.25, 0.3) is 5.91 Å². The number of benzene rings is 3. The predicted octanol–water partition coefficient (Wildman–Crippen LogP) is 5.27. The summed E-state index contributed by atoms with van der Waals surface area (Å²) in [5.74, 6) is 0.621. The second kappa shape index (κ2) is 10.9. The number of aromatic nitrogens is 1. The SMILES string of the molecule is COc1cc(/C=N/NC(=O)CSc2nc3ccccc3s2)ccc1OCc1ccccc1F. The number of methoxy groups -OCH3 is 1. The van der Waals surface area contributed by atoms with Crippen LogP contribution in [0, 0.1) is 5.82 Å². The Morgan fingerprint density at radius 3 is 2.79 bits per heavy atom. The minimum Gasteiger partial charge on any atom is -0.493 e. The molecule has 33 heavy (non-hydrogen) atoms. The van der Waals surface area contributed by atoms with E-state index in [1.165, 1.54) is 31.2 Å². The summed E-state index contributed by atoms with van der Waals surface area (Å²) >= 11 is 2.93. The summed E-state index contributed by atoms with van der Waals surface area (Å²) in [7, 11) is 1.52. The Bertz CT molecular complexity index is 1260. The molecule has 0 aliphatic carbocycles. The molecule has 0 fully saturated rings. The molecule has 9 heteroatoms. The van der Waals surface area contributed by atoms with Gasteiger partial charge in [-0.05, 0) is 42.0 Å². The summed E-state index contributed by atoms with van der Waals surface area (Å²) in [4.78, 5) is 16.6. The molecule has 3 aromatic carbocycles. The fourth-order valence-electron chi connectivity index (χ4n) is 2.91. The smallest absolute Gasteiger partial charge is 0.250 e. The molecule has 1 N–H and O–H groups in total. The summed E-state index contributed by atoms with van der Waals surface area (Å²) in [6.45, 7) is 0.0822. The van der Waals surface area contributed by atoms with Gasteiger partial charge in [-0.15, -0.1) is 11.3 Å². The van der Waals surface area contributed by atoms with Gasteiger partial charge in [-0.25, -0.2) is 14.8 Å². The lowest BCUT2D eigenvalue weighted by Crippen LogP contribution is -2.19. The first-order valence-electron chi connectivity index (χ1n) is 9.97. The number of hydrazone groups is 1. The summed E-state index contributed by atoms with van der Waals surface area (Å²) in [6, 6.07) is 19.5. The molecule has 0 unspecified atom stereocenters. The number of nitrogens with one attached hydrogen (secondary N) is 1. The van der Waals surface area contributed by atoms with Crippen molar-refractivity contribution in [2.24, 2.45) is 5.10 Å². The van der Waals surface area contributed by atoms with E-state index in [-0.39, 0.29) is 24.1 Å². The monoisotopic (exact) mass is 481 g/mol. The molecule has 0 saturated carbocycles. The van der Waals surface area contributed by atoms with Gasteiger partial charge in [0.1, 0.15) is 12.4 Å². The predicted molar refractivity (Wildman–Crippen MR) is 130 cm³/mol. The second-order valence-corrected chi connectivity index (χ2v) is 9.07. The molecular formula is C24H20FN3O3S2. The van der Waals surface area contributed by atoms with Crippen molar-refractivity contribution in [2.75, 3.05) is 12.9 Å².